The first kappa shape index (κ1) is 25.9. The molecular formula is C8H13NNa2O7S2-2. The molecule has 2 radical (unpaired) electrons. The van der Waals surface area contributed by atoms with Crippen LogP contribution in [0.4, 0.5) is 4.79 Å². The van der Waals surface area contributed by atoms with Gasteiger partial charge < -0.3 is 24.5 Å². The van der Waals surface area contributed by atoms with E-state index in [1.165, 1.54) is 0 Å². The van der Waals surface area contributed by atoms with Crippen molar-refractivity contribution in [2.75, 3.05) is 5.75 Å². The third-order valence-electron chi connectivity index (χ3n) is 1.35. The number of ether oxygens (including phenoxy) is 1. The van der Waals surface area contributed by atoms with Gasteiger partial charge in [0, 0.05) is 64.9 Å². The van der Waals surface area contributed by atoms with Gasteiger partial charge in [0.2, 0.25) is 0 Å². The van der Waals surface area contributed by atoms with Crippen molar-refractivity contribution >= 4 is 91.1 Å². The maximum absolute atomic E-state index is 11.2. The minimum Gasteiger partial charge on any atom is -0.739 e. The van der Waals surface area contributed by atoms with Crippen molar-refractivity contribution in [1.29, 1.82) is 0 Å². The molecule has 1 atom stereocenters. The van der Waals surface area contributed by atoms with E-state index in [1.54, 1.807) is 20.8 Å². The van der Waals surface area contributed by atoms with Crippen molar-refractivity contribution in [2.45, 2.75) is 32.4 Å². The number of carbonyl (C=O) groups is 2. The van der Waals surface area contributed by atoms with Crippen molar-refractivity contribution in [1.82, 2.24) is 5.32 Å². The van der Waals surface area contributed by atoms with Gasteiger partial charge in [-0.2, -0.15) is 0 Å². The smallest absolute Gasteiger partial charge is 0.408 e. The Hall–Kier alpha value is 1.00. The zero-order valence-electron chi connectivity index (χ0n) is 12.0. The molecule has 0 saturated carbocycles. The molecule has 0 saturated heterocycles. The number of aliphatic carboxylic acids is 1. The summed E-state index contributed by atoms with van der Waals surface area (Å²) in [5.41, 5.74) is -0.835. The third kappa shape index (κ3) is 15.4. The standard InChI is InChI=1S/C8H15NO7S2.2Na/c1-8(2,3)16-7(12)9-5(6(10)11)4-17-18(13,14)15;;/h5H,4H2,1-3H3,(H,9,12)(H,10,11)(H,13,14,15);;/p-2/t5-;;/m0../s1. The second kappa shape index (κ2) is 10.7. The summed E-state index contributed by atoms with van der Waals surface area (Å²) in [4.78, 5) is 21.9. The van der Waals surface area contributed by atoms with E-state index in [2.05, 4.69) is 0 Å². The monoisotopic (exact) mass is 345 g/mol. The van der Waals surface area contributed by atoms with Gasteiger partial charge in [0.05, 0.1) is 12.0 Å². The molecule has 0 aliphatic rings. The molecule has 0 spiro atoms. The van der Waals surface area contributed by atoms with Gasteiger partial charge in [-0.15, -0.1) is 0 Å². The number of carbonyl (C=O) groups excluding carboxylic acids is 2. The third-order valence-corrected chi connectivity index (χ3v) is 3.39. The quantitative estimate of drug-likeness (QED) is 0.345. The van der Waals surface area contributed by atoms with E-state index in [9.17, 15) is 27.7 Å². The summed E-state index contributed by atoms with van der Waals surface area (Å²) >= 11 is 0. The van der Waals surface area contributed by atoms with Gasteiger partial charge in [0.1, 0.15) is 14.8 Å². The predicted molar refractivity (Wildman–Crippen MR) is 71.8 cm³/mol. The predicted octanol–water partition coefficient (Wildman–Crippen LogP) is -1.94. The Bertz CT molecular complexity index is 421. The fourth-order valence-corrected chi connectivity index (χ4v) is 2.20. The van der Waals surface area contributed by atoms with Gasteiger partial charge >= 0.3 is 6.09 Å². The van der Waals surface area contributed by atoms with Gasteiger partial charge in [0.25, 0.3) is 0 Å². The Morgan fingerprint density at radius 1 is 1.30 bits per heavy atom. The van der Waals surface area contributed by atoms with Crippen molar-refractivity contribution in [3.63, 3.8) is 0 Å². The van der Waals surface area contributed by atoms with Crippen LogP contribution in [-0.4, -0.2) is 102 Å². The molecule has 0 rings (SSSR count). The first-order valence-electron chi connectivity index (χ1n) is 4.71. The maximum atomic E-state index is 11.2. The second-order valence-electron chi connectivity index (χ2n) is 4.21. The van der Waals surface area contributed by atoms with Crippen LogP contribution in [0, 0.1) is 0 Å². The first-order chi connectivity index (χ1) is 7.91. The largest absolute Gasteiger partial charge is 0.739 e. The normalized spacial score (nSPS) is 12.4. The SMILES string of the molecule is CC(C)(C)OC(=O)N[C@@H](CSS(=O)(=O)[O-])C(=O)[O-].[Na].[Na]. The van der Waals surface area contributed by atoms with Crippen LogP contribution >= 0.6 is 10.8 Å². The van der Waals surface area contributed by atoms with Crippen LogP contribution in [0.15, 0.2) is 0 Å². The number of hydrogen-bond donors (Lipinski definition) is 1. The molecule has 0 fully saturated rings. The van der Waals surface area contributed by atoms with Gasteiger partial charge in [-0.1, -0.05) is 0 Å². The minimum absolute atomic E-state index is 0. The van der Waals surface area contributed by atoms with Crippen LogP contribution in [0.2, 0.25) is 0 Å². The van der Waals surface area contributed by atoms with E-state index in [-0.39, 0.29) is 69.9 Å². The average molecular weight is 345 g/mol. The van der Waals surface area contributed by atoms with Crippen LogP contribution < -0.4 is 10.4 Å². The molecule has 1 amide bonds. The topological polar surface area (TPSA) is 136 Å². The summed E-state index contributed by atoms with van der Waals surface area (Å²) in [6.45, 7) is 4.70. The Balaban J connectivity index is -0.00000144. The molecule has 0 aliphatic heterocycles. The van der Waals surface area contributed by atoms with Crippen LogP contribution in [0.3, 0.4) is 0 Å². The van der Waals surface area contributed by atoms with Crippen LogP contribution in [-0.2, 0) is 18.7 Å². The molecule has 0 bridgehead atoms. The number of rotatable bonds is 5. The van der Waals surface area contributed by atoms with E-state index in [4.69, 9.17) is 4.74 Å². The number of amides is 1. The Morgan fingerprint density at radius 2 is 1.75 bits per heavy atom. The van der Waals surface area contributed by atoms with Gasteiger partial charge in [-0.05, 0) is 31.6 Å². The number of nitrogens with one attached hydrogen (secondary N) is 1. The number of hydrogen-bond acceptors (Lipinski definition) is 8. The van der Waals surface area contributed by atoms with Gasteiger partial charge in [-0.3, -0.25) is 0 Å². The van der Waals surface area contributed by atoms with Crippen LogP contribution in [0.25, 0.3) is 0 Å². The summed E-state index contributed by atoms with van der Waals surface area (Å²) in [5.74, 6) is -2.37. The zero-order valence-corrected chi connectivity index (χ0v) is 17.6. The maximum Gasteiger partial charge on any atom is 0.408 e. The van der Waals surface area contributed by atoms with E-state index in [0.717, 1.165) is 0 Å². The first-order valence-corrected chi connectivity index (χ1v) is 7.62. The Morgan fingerprint density at radius 3 is 2.05 bits per heavy atom. The molecule has 0 aromatic carbocycles. The molecule has 0 aromatic heterocycles. The van der Waals surface area contributed by atoms with Crippen molar-refractivity contribution < 1.29 is 32.4 Å². The summed E-state index contributed by atoms with van der Waals surface area (Å²) in [6.07, 6.45) is -1.04. The van der Waals surface area contributed by atoms with Crippen molar-refractivity contribution in [3.8, 4) is 0 Å². The molecule has 0 heterocycles. The van der Waals surface area contributed by atoms with Gasteiger partial charge in [-0.25, -0.2) is 13.2 Å². The Labute approximate surface area is 165 Å². The van der Waals surface area contributed by atoms with E-state index >= 15 is 0 Å². The summed E-state index contributed by atoms with van der Waals surface area (Å²) in [6, 6.07) is -1.63. The van der Waals surface area contributed by atoms with E-state index < -0.39 is 38.6 Å². The molecule has 8 nitrogen and oxygen atoms in total. The molecule has 20 heavy (non-hydrogen) atoms. The average Bonchev–Trinajstić information content (AvgIpc) is 2.06. The minimum atomic E-state index is -4.64. The summed E-state index contributed by atoms with van der Waals surface area (Å²) in [7, 11) is -4.78. The van der Waals surface area contributed by atoms with Gasteiger partial charge in [0.15, 0.2) is 0 Å². The zero-order chi connectivity index (χ0) is 14.6. The fraction of sp³-hybridized carbons (Fsp3) is 0.750. The summed E-state index contributed by atoms with van der Waals surface area (Å²) in [5, 5.41) is 12.5. The molecule has 108 valence electrons. The molecule has 0 aliphatic carbocycles. The fourth-order valence-electron chi connectivity index (χ4n) is 0.770. The number of alkyl carbamates (subject to hydrolysis) is 1. The van der Waals surface area contributed by atoms with Crippen LogP contribution in [0.5, 0.6) is 0 Å². The van der Waals surface area contributed by atoms with E-state index in [0.29, 0.717) is 0 Å². The molecule has 12 heteroatoms. The molecule has 0 unspecified atom stereocenters. The second-order valence-corrected chi connectivity index (χ2v) is 7.53. The van der Waals surface area contributed by atoms with Crippen molar-refractivity contribution in [3.05, 3.63) is 0 Å². The molecule has 1 N–H and O–H groups in total. The molecular weight excluding hydrogens is 332 g/mol. The van der Waals surface area contributed by atoms with Crippen LogP contribution in [0.1, 0.15) is 20.8 Å². The van der Waals surface area contributed by atoms with E-state index in [1.807, 2.05) is 5.32 Å². The van der Waals surface area contributed by atoms with Crippen molar-refractivity contribution in [2.24, 2.45) is 0 Å². The Kier molecular flexibility index (Phi) is 13.8. The number of carboxylic acid groups (broad SMARTS) is 1. The molecule has 0 aromatic rings. The number of carboxylic acids is 1. The summed E-state index contributed by atoms with van der Waals surface area (Å²) < 4.78 is 35.7.